The number of hydrogen-bond donors (Lipinski definition) is 0. The normalized spacial score (nSPS) is 10.9. The van der Waals surface area contributed by atoms with Crippen LogP contribution in [0.25, 0.3) is 21.9 Å². The van der Waals surface area contributed by atoms with E-state index in [1.165, 1.54) is 20.3 Å². The Balaban J connectivity index is 2.67. The molecular formula is C16H13NO6. The lowest BCUT2D eigenvalue weighted by atomic mass is 10.1. The third kappa shape index (κ3) is 2.09. The minimum absolute atomic E-state index is 0.0260. The minimum Gasteiger partial charge on any atom is -0.496 e. The van der Waals surface area contributed by atoms with Gasteiger partial charge in [0.1, 0.15) is 16.7 Å². The number of nitro groups is 1. The van der Waals surface area contributed by atoms with Crippen LogP contribution in [0, 0.1) is 17.0 Å². The Hall–Kier alpha value is -3.09. The van der Waals surface area contributed by atoms with Gasteiger partial charge in [0.25, 0.3) is 0 Å². The zero-order chi connectivity index (χ0) is 16.7. The molecule has 0 N–H and O–H groups in total. The van der Waals surface area contributed by atoms with Crippen LogP contribution in [0.4, 0.5) is 5.69 Å². The fourth-order valence-corrected chi connectivity index (χ4v) is 2.61. The SMILES string of the molecule is COc1cc(OC)c2c(=O)c3cccc(C)c3oc2c1[N+](=O)[O-]. The van der Waals surface area contributed by atoms with Crippen molar-refractivity contribution in [2.45, 2.75) is 6.92 Å². The third-order valence-corrected chi connectivity index (χ3v) is 3.69. The van der Waals surface area contributed by atoms with Gasteiger partial charge in [-0.15, -0.1) is 0 Å². The number of rotatable bonds is 3. The topological polar surface area (TPSA) is 91.8 Å². The molecule has 0 aliphatic rings. The number of nitro benzene ring substituents is 1. The van der Waals surface area contributed by atoms with Crippen LogP contribution < -0.4 is 14.9 Å². The molecule has 3 rings (SSSR count). The Kier molecular flexibility index (Phi) is 3.40. The summed E-state index contributed by atoms with van der Waals surface area (Å²) >= 11 is 0. The highest BCUT2D eigenvalue weighted by Crippen LogP contribution is 2.41. The van der Waals surface area contributed by atoms with Gasteiger partial charge >= 0.3 is 5.69 Å². The maximum Gasteiger partial charge on any atom is 0.354 e. The van der Waals surface area contributed by atoms with Crippen molar-refractivity contribution in [1.82, 2.24) is 0 Å². The Morgan fingerprint density at radius 1 is 1.13 bits per heavy atom. The number of methoxy groups -OCH3 is 2. The summed E-state index contributed by atoms with van der Waals surface area (Å²) in [6.45, 7) is 1.76. The highest BCUT2D eigenvalue weighted by molar-refractivity contribution is 5.99. The summed E-state index contributed by atoms with van der Waals surface area (Å²) in [5.74, 6) is 0.134. The lowest BCUT2D eigenvalue weighted by Crippen LogP contribution is -2.07. The van der Waals surface area contributed by atoms with Gasteiger partial charge in [-0.1, -0.05) is 12.1 Å². The smallest absolute Gasteiger partial charge is 0.354 e. The van der Waals surface area contributed by atoms with E-state index in [0.717, 1.165) is 0 Å². The summed E-state index contributed by atoms with van der Waals surface area (Å²) in [6.07, 6.45) is 0. The van der Waals surface area contributed by atoms with Gasteiger partial charge in [-0.2, -0.15) is 0 Å². The molecule has 1 heterocycles. The second kappa shape index (κ2) is 5.28. The van der Waals surface area contributed by atoms with Gasteiger partial charge in [0.2, 0.25) is 16.8 Å². The number of aryl methyl sites for hydroxylation is 1. The van der Waals surface area contributed by atoms with Crippen molar-refractivity contribution in [2.24, 2.45) is 0 Å². The molecule has 2 aromatic carbocycles. The molecule has 3 aromatic rings. The average molecular weight is 315 g/mol. The standard InChI is InChI=1S/C16H13NO6/c1-8-5-4-6-9-14(18)12-10(21-2)7-11(22-3)13(17(19)20)16(12)23-15(8)9/h4-7H,1-3H3. The molecule has 0 radical (unpaired) electrons. The molecule has 7 nitrogen and oxygen atoms in total. The van der Waals surface area contributed by atoms with Crippen molar-refractivity contribution in [3.63, 3.8) is 0 Å². The summed E-state index contributed by atoms with van der Waals surface area (Å²) in [5.41, 5.74) is 0.0806. The molecule has 0 spiro atoms. The molecule has 0 fully saturated rings. The molecule has 0 saturated heterocycles. The maximum atomic E-state index is 12.8. The van der Waals surface area contributed by atoms with Crippen LogP contribution in [-0.2, 0) is 0 Å². The Morgan fingerprint density at radius 3 is 2.43 bits per heavy atom. The first-order valence-electron chi connectivity index (χ1n) is 6.75. The number of hydrogen-bond acceptors (Lipinski definition) is 6. The van der Waals surface area contributed by atoms with Crippen LogP contribution >= 0.6 is 0 Å². The lowest BCUT2D eigenvalue weighted by molar-refractivity contribution is -0.384. The second-order valence-electron chi connectivity index (χ2n) is 4.97. The van der Waals surface area contributed by atoms with Crippen molar-refractivity contribution in [3.05, 3.63) is 50.2 Å². The first-order chi connectivity index (χ1) is 11.0. The van der Waals surface area contributed by atoms with Crippen LogP contribution in [-0.4, -0.2) is 19.1 Å². The van der Waals surface area contributed by atoms with Crippen LogP contribution in [0.1, 0.15) is 5.56 Å². The highest BCUT2D eigenvalue weighted by atomic mass is 16.6. The first kappa shape index (κ1) is 14.8. The highest BCUT2D eigenvalue weighted by Gasteiger charge is 2.28. The van der Waals surface area contributed by atoms with Crippen molar-refractivity contribution < 1.29 is 18.8 Å². The molecule has 0 amide bonds. The van der Waals surface area contributed by atoms with E-state index in [2.05, 4.69) is 0 Å². The summed E-state index contributed by atoms with van der Waals surface area (Å²) < 4.78 is 16.0. The molecule has 1 aromatic heterocycles. The monoisotopic (exact) mass is 315 g/mol. The second-order valence-corrected chi connectivity index (χ2v) is 4.97. The van der Waals surface area contributed by atoms with Crippen molar-refractivity contribution in [2.75, 3.05) is 14.2 Å². The zero-order valence-electron chi connectivity index (χ0n) is 12.7. The summed E-state index contributed by atoms with van der Waals surface area (Å²) in [6, 6.07) is 6.42. The number of fused-ring (bicyclic) bond motifs is 2. The first-order valence-corrected chi connectivity index (χ1v) is 6.75. The van der Waals surface area contributed by atoms with Gasteiger partial charge in [-0.25, -0.2) is 0 Å². The van der Waals surface area contributed by atoms with E-state index in [4.69, 9.17) is 13.9 Å². The molecule has 7 heteroatoms. The molecule has 0 unspecified atom stereocenters. The van der Waals surface area contributed by atoms with Gasteiger partial charge < -0.3 is 13.9 Å². The molecular weight excluding hydrogens is 302 g/mol. The van der Waals surface area contributed by atoms with E-state index >= 15 is 0 Å². The van der Waals surface area contributed by atoms with E-state index < -0.39 is 10.6 Å². The van der Waals surface area contributed by atoms with Crippen LogP contribution in [0.15, 0.2) is 33.5 Å². The van der Waals surface area contributed by atoms with Gasteiger partial charge in [0.05, 0.1) is 24.5 Å². The molecule has 0 aliphatic heterocycles. The number of nitrogens with zero attached hydrogens (tertiary/aromatic N) is 1. The molecule has 23 heavy (non-hydrogen) atoms. The van der Waals surface area contributed by atoms with Crippen molar-refractivity contribution >= 4 is 27.6 Å². The molecule has 118 valence electrons. The molecule has 0 bridgehead atoms. The summed E-state index contributed by atoms with van der Waals surface area (Å²) in [5, 5.41) is 11.8. The number of ether oxygens (including phenoxy) is 2. The summed E-state index contributed by atoms with van der Waals surface area (Å²) in [4.78, 5) is 23.6. The minimum atomic E-state index is -0.631. The third-order valence-electron chi connectivity index (χ3n) is 3.69. The lowest BCUT2D eigenvalue weighted by Gasteiger charge is -2.10. The largest absolute Gasteiger partial charge is 0.496 e. The maximum absolute atomic E-state index is 12.8. The average Bonchev–Trinajstić information content (AvgIpc) is 2.54. The summed E-state index contributed by atoms with van der Waals surface area (Å²) in [7, 11) is 2.68. The fourth-order valence-electron chi connectivity index (χ4n) is 2.61. The zero-order valence-corrected chi connectivity index (χ0v) is 12.7. The van der Waals surface area contributed by atoms with E-state index in [-0.39, 0.29) is 27.9 Å². The van der Waals surface area contributed by atoms with Crippen molar-refractivity contribution in [3.8, 4) is 11.5 Å². The van der Waals surface area contributed by atoms with Gasteiger partial charge in [-0.05, 0) is 18.6 Å². The van der Waals surface area contributed by atoms with E-state index in [1.807, 2.05) is 0 Å². The van der Waals surface area contributed by atoms with E-state index in [0.29, 0.717) is 16.5 Å². The van der Waals surface area contributed by atoms with Crippen LogP contribution in [0.3, 0.4) is 0 Å². The molecule has 0 aliphatic carbocycles. The Morgan fingerprint density at radius 2 is 1.83 bits per heavy atom. The van der Waals surface area contributed by atoms with Gasteiger partial charge in [0, 0.05) is 6.07 Å². The van der Waals surface area contributed by atoms with Crippen LogP contribution in [0.2, 0.25) is 0 Å². The fraction of sp³-hybridized carbons (Fsp3) is 0.188. The molecule has 0 saturated carbocycles. The predicted octanol–water partition coefficient (Wildman–Crippen LogP) is 3.18. The van der Waals surface area contributed by atoms with E-state index in [9.17, 15) is 14.9 Å². The predicted molar refractivity (Wildman–Crippen MR) is 84.5 cm³/mol. The number of benzene rings is 2. The Bertz CT molecular complexity index is 1010. The number of para-hydroxylation sites is 1. The molecule has 0 atom stereocenters. The Labute approximate surface area is 130 Å². The van der Waals surface area contributed by atoms with E-state index in [1.54, 1.807) is 25.1 Å². The quantitative estimate of drug-likeness (QED) is 0.419. The van der Waals surface area contributed by atoms with Crippen molar-refractivity contribution in [1.29, 1.82) is 0 Å². The van der Waals surface area contributed by atoms with Gasteiger partial charge in [-0.3, -0.25) is 14.9 Å². The van der Waals surface area contributed by atoms with Crippen LogP contribution in [0.5, 0.6) is 11.5 Å². The van der Waals surface area contributed by atoms with Gasteiger partial charge in [0.15, 0.2) is 0 Å².